The molecule has 9 heteroatoms. The van der Waals surface area contributed by atoms with Crippen molar-refractivity contribution in [2.24, 2.45) is 0 Å². The van der Waals surface area contributed by atoms with Crippen LogP contribution >= 0.6 is 0 Å². The van der Waals surface area contributed by atoms with Crippen LogP contribution in [0, 0.1) is 18.6 Å². The Kier molecular flexibility index (Phi) is 5.19. The van der Waals surface area contributed by atoms with Crippen LogP contribution in [0.15, 0.2) is 24.3 Å². The van der Waals surface area contributed by atoms with Gasteiger partial charge in [-0.15, -0.1) is 0 Å². The molecule has 2 heterocycles. The van der Waals surface area contributed by atoms with Crippen molar-refractivity contribution in [3.8, 4) is 11.5 Å². The molecule has 0 unspecified atom stereocenters. The molecule has 2 aliphatic rings. The zero-order valence-corrected chi connectivity index (χ0v) is 16.6. The minimum absolute atomic E-state index is 0.0466. The number of hydrogen-bond donors (Lipinski definition) is 2. The maximum Gasteiger partial charge on any atom is 0.262 e. The molecule has 0 fully saturated rings. The van der Waals surface area contributed by atoms with Crippen LogP contribution in [0.4, 0.5) is 20.2 Å². The van der Waals surface area contributed by atoms with Gasteiger partial charge in [-0.3, -0.25) is 9.59 Å². The van der Waals surface area contributed by atoms with Gasteiger partial charge in [0.15, 0.2) is 12.4 Å². The smallest absolute Gasteiger partial charge is 0.262 e. The van der Waals surface area contributed by atoms with Crippen molar-refractivity contribution in [3.05, 3.63) is 47.0 Å². The summed E-state index contributed by atoms with van der Waals surface area (Å²) in [5, 5.41) is 5.33. The lowest BCUT2D eigenvalue weighted by Crippen LogP contribution is -2.45. The average molecular weight is 417 g/mol. The number of benzene rings is 2. The first kappa shape index (κ1) is 19.9. The molecule has 0 aromatic heterocycles. The number of carbonyl (C=O) groups is 2. The Labute approximate surface area is 172 Å². The number of carbonyl (C=O) groups excluding carboxylic acids is 2. The van der Waals surface area contributed by atoms with Crippen LogP contribution in [0.3, 0.4) is 0 Å². The molecule has 2 aromatic rings. The largest absolute Gasteiger partial charge is 0.489 e. The fourth-order valence-corrected chi connectivity index (χ4v) is 3.83. The van der Waals surface area contributed by atoms with E-state index in [0.717, 1.165) is 23.3 Å². The normalized spacial score (nSPS) is 17.3. The topological polar surface area (TPSA) is 79.9 Å². The van der Waals surface area contributed by atoms with Gasteiger partial charge in [-0.1, -0.05) is 6.07 Å². The van der Waals surface area contributed by atoms with Crippen LogP contribution in [0.5, 0.6) is 11.5 Å². The molecule has 2 aliphatic heterocycles. The van der Waals surface area contributed by atoms with Gasteiger partial charge in [0, 0.05) is 25.7 Å². The third kappa shape index (κ3) is 3.74. The van der Waals surface area contributed by atoms with E-state index in [-0.39, 0.29) is 49.4 Å². The molecule has 158 valence electrons. The van der Waals surface area contributed by atoms with E-state index in [1.807, 2.05) is 13.0 Å². The van der Waals surface area contributed by atoms with Crippen molar-refractivity contribution in [3.63, 3.8) is 0 Å². The van der Waals surface area contributed by atoms with Gasteiger partial charge in [0.05, 0.1) is 18.2 Å². The Bertz CT molecular complexity index is 1030. The van der Waals surface area contributed by atoms with Gasteiger partial charge in [-0.25, -0.2) is 8.78 Å². The minimum atomic E-state index is -0.766. The summed E-state index contributed by atoms with van der Waals surface area (Å²) >= 11 is 0. The second-order valence-electron chi connectivity index (χ2n) is 7.33. The first-order valence-electron chi connectivity index (χ1n) is 9.51. The highest BCUT2D eigenvalue weighted by Gasteiger charge is 2.33. The van der Waals surface area contributed by atoms with Crippen LogP contribution in [-0.4, -0.2) is 38.1 Å². The van der Waals surface area contributed by atoms with Gasteiger partial charge >= 0.3 is 0 Å². The molecule has 0 radical (unpaired) electrons. The van der Waals surface area contributed by atoms with Crippen molar-refractivity contribution >= 4 is 23.2 Å². The Hall–Kier alpha value is -3.36. The lowest BCUT2D eigenvalue weighted by molar-refractivity contribution is -0.121. The molecule has 1 atom stereocenters. The minimum Gasteiger partial charge on any atom is -0.489 e. The van der Waals surface area contributed by atoms with Crippen LogP contribution in [-0.2, 0) is 16.1 Å². The standard InChI is InChI=1S/C21H21F2N3O4/c1-11-3-12(4-16-21(11)30-10-19(28)25-16)8-26-14(7-18(27)24-2)9-29-17-6-13(22)5-15(23)20(17)26/h3-6,14H,7-10H2,1-2H3,(H,24,27)(H,25,28)/t14-/m0/s1. The number of rotatable bonds is 4. The number of nitrogens with zero attached hydrogens (tertiary/aromatic N) is 1. The molecule has 0 saturated heterocycles. The predicted octanol–water partition coefficient (Wildman–Crippen LogP) is 2.51. The average Bonchev–Trinajstić information content (AvgIpc) is 2.68. The maximum atomic E-state index is 14.7. The molecular weight excluding hydrogens is 396 g/mol. The fourth-order valence-electron chi connectivity index (χ4n) is 3.83. The first-order chi connectivity index (χ1) is 14.4. The third-order valence-corrected chi connectivity index (χ3v) is 5.16. The molecule has 2 amide bonds. The first-order valence-corrected chi connectivity index (χ1v) is 9.51. The molecule has 2 N–H and O–H groups in total. The number of halogens is 2. The third-order valence-electron chi connectivity index (χ3n) is 5.16. The van der Waals surface area contributed by atoms with E-state index >= 15 is 0 Å². The van der Waals surface area contributed by atoms with E-state index in [4.69, 9.17) is 9.47 Å². The zero-order chi connectivity index (χ0) is 21.4. The molecule has 4 rings (SSSR count). The van der Waals surface area contributed by atoms with E-state index in [1.54, 1.807) is 11.0 Å². The van der Waals surface area contributed by atoms with Crippen molar-refractivity contribution in [1.82, 2.24) is 5.32 Å². The number of hydrogen-bond acceptors (Lipinski definition) is 5. The molecule has 0 saturated carbocycles. The second kappa shape index (κ2) is 7.81. The van der Waals surface area contributed by atoms with Gasteiger partial charge < -0.3 is 25.0 Å². The number of aryl methyl sites for hydroxylation is 1. The van der Waals surface area contributed by atoms with E-state index in [1.165, 1.54) is 7.05 Å². The summed E-state index contributed by atoms with van der Waals surface area (Å²) in [6.07, 6.45) is 0.0799. The predicted molar refractivity (Wildman–Crippen MR) is 106 cm³/mol. The summed E-state index contributed by atoms with van der Waals surface area (Å²) in [6, 6.07) is 5.10. The van der Waals surface area contributed by atoms with Crippen molar-refractivity contribution in [2.45, 2.75) is 25.9 Å². The van der Waals surface area contributed by atoms with Gasteiger partial charge in [0.25, 0.3) is 5.91 Å². The van der Waals surface area contributed by atoms with E-state index in [2.05, 4.69) is 10.6 Å². The van der Waals surface area contributed by atoms with Gasteiger partial charge in [0.2, 0.25) is 5.91 Å². The Balaban J connectivity index is 1.73. The molecule has 7 nitrogen and oxygen atoms in total. The van der Waals surface area contributed by atoms with E-state index in [9.17, 15) is 18.4 Å². The molecule has 0 spiro atoms. The summed E-state index contributed by atoms with van der Waals surface area (Å²) in [4.78, 5) is 25.4. The summed E-state index contributed by atoms with van der Waals surface area (Å²) in [7, 11) is 1.52. The Morgan fingerprint density at radius 1 is 1.27 bits per heavy atom. The molecular formula is C21H21F2N3O4. The number of amides is 2. The lowest BCUT2D eigenvalue weighted by Gasteiger charge is -2.38. The van der Waals surface area contributed by atoms with Crippen molar-refractivity contribution < 1.29 is 27.8 Å². The van der Waals surface area contributed by atoms with Gasteiger partial charge in [-0.05, 0) is 24.1 Å². The molecule has 30 heavy (non-hydrogen) atoms. The van der Waals surface area contributed by atoms with E-state index in [0.29, 0.717) is 11.4 Å². The monoisotopic (exact) mass is 417 g/mol. The molecule has 0 aliphatic carbocycles. The van der Waals surface area contributed by atoms with Crippen molar-refractivity contribution in [1.29, 1.82) is 0 Å². The highest BCUT2D eigenvalue weighted by atomic mass is 19.1. The second-order valence-corrected chi connectivity index (χ2v) is 7.33. The lowest BCUT2D eigenvalue weighted by atomic mass is 10.0. The summed E-state index contributed by atoms with van der Waals surface area (Å²) in [5.41, 5.74) is 2.23. The zero-order valence-electron chi connectivity index (χ0n) is 16.6. The quantitative estimate of drug-likeness (QED) is 0.799. The molecule has 0 bridgehead atoms. The maximum absolute atomic E-state index is 14.7. The highest BCUT2D eigenvalue weighted by molar-refractivity contribution is 5.95. The number of nitrogens with one attached hydrogen (secondary N) is 2. The van der Waals surface area contributed by atoms with Crippen LogP contribution in [0.1, 0.15) is 17.5 Å². The number of fused-ring (bicyclic) bond motifs is 2. The Morgan fingerprint density at radius 3 is 2.83 bits per heavy atom. The summed E-state index contributed by atoms with van der Waals surface area (Å²) < 4.78 is 39.5. The Morgan fingerprint density at radius 2 is 2.07 bits per heavy atom. The SMILES string of the molecule is CNC(=O)C[C@H]1COc2cc(F)cc(F)c2N1Cc1cc(C)c2c(c1)NC(=O)CO2. The summed E-state index contributed by atoms with van der Waals surface area (Å²) in [6.45, 7) is 2.14. The molecule has 2 aromatic carbocycles. The highest BCUT2D eigenvalue weighted by Crippen LogP contribution is 2.40. The van der Waals surface area contributed by atoms with Gasteiger partial charge in [-0.2, -0.15) is 0 Å². The fraction of sp³-hybridized carbons (Fsp3) is 0.333. The van der Waals surface area contributed by atoms with Crippen molar-refractivity contribution in [2.75, 3.05) is 30.5 Å². The van der Waals surface area contributed by atoms with Gasteiger partial charge in [0.1, 0.15) is 29.6 Å². The number of anilines is 2. The van der Waals surface area contributed by atoms with Crippen LogP contribution in [0.2, 0.25) is 0 Å². The van der Waals surface area contributed by atoms with Crippen LogP contribution in [0.25, 0.3) is 0 Å². The number of ether oxygens (including phenoxy) is 2. The van der Waals surface area contributed by atoms with Crippen LogP contribution < -0.4 is 25.0 Å². The van der Waals surface area contributed by atoms with E-state index < -0.39 is 17.7 Å². The summed E-state index contributed by atoms with van der Waals surface area (Å²) in [5.74, 6) is -1.29.